The Morgan fingerprint density at radius 2 is 1.65 bits per heavy atom. The molecule has 0 amide bonds. The molecule has 20 heavy (non-hydrogen) atoms. The van der Waals surface area contributed by atoms with Crippen molar-refractivity contribution in [2.75, 3.05) is 7.11 Å². The lowest BCUT2D eigenvalue weighted by Gasteiger charge is -2.09. The average molecular weight is 268 g/mol. The maximum absolute atomic E-state index is 11.7. The first-order chi connectivity index (χ1) is 9.52. The maximum Gasteiger partial charge on any atom is 0.337 e. The van der Waals surface area contributed by atoms with Crippen molar-refractivity contribution in [2.24, 2.45) is 0 Å². The minimum atomic E-state index is -0.368. The topological polar surface area (TPSA) is 43.4 Å². The molecule has 0 atom stereocenters. The van der Waals surface area contributed by atoms with Gasteiger partial charge in [-0.15, -0.1) is 0 Å². The SMILES string of the molecule is COC(=O)c1ccc(-c2ccc(C)cc2C(C)=O)cc1. The van der Waals surface area contributed by atoms with Crippen molar-refractivity contribution in [3.05, 3.63) is 59.2 Å². The van der Waals surface area contributed by atoms with E-state index in [-0.39, 0.29) is 11.8 Å². The van der Waals surface area contributed by atoms with Crippen LogP contribution in [0.5, 0.6) is 0 Å². The molecule has 2 aromatic rings. The van der Waals surface area contributed by atoms with Gasteiger partial charge < -0.3 is 4.74 Å². The van der Waals surface area contributed by atoms with Gasteiger partial charge >= 0.3 is 5.97 Å². The third-order valence-corrected chi connectivity index (χ3v) is 3.17. The van der Waals surface area contributed by atoms with E-state index in [1.807, 2.05) is 37.3 Å². The van der Waals surface area contributed by atoms with Gasteiger partial charge in [0.05, 0.1) is 12.7 Å². The van der Waals surface area contributed by atoms with Crippen molar-refractivity contribution in [3.63, 3.8) is 0 Å². The summed E-state index contributed by atoms with van der Waals surface area (Å²) in [6, 6.07) is 12.8. The predicted octanol–water partition coefficient (Wildman–Crippen LogP) is 3.65. The molecule has 0 fully saturated rings. The lowest BCUT2D eigenvalue weighted by atomic mass is 9.95. The molecule has 0 spiro atoms. The van der Waals surface area contributed by atoms with Crippen molar-refractivity contribution in [3.8, 4) is 11.1 Å². The molecule has 0 aliphatic heterocycles. The van der Waals surface area contributed by atoms with Crippen LogP contribution in [0.15, 0.2) is 42.5 Å². The highest BCUT2D eigenvalue weighted by molar-refractivity contribution is 6.01. The van der Waals surface area contributed by atoms with E-state index < -0.39 is 0 Å². The van der Waals surface area contributed by atoms with Crippen LogP contribution in [0.1, 0.15) is 33.2 Å². The maximum atomic E-state index is 11.7. The number of hydrogen-bond donors (Lipinski definition) is 0. The van der Waals surface area contributed by atoms with Gasteiger partial charge in [0.2, 0.25) is 0 Å². The van der Waals surface area contributed by atoms with Crippen LogP contribution in [0.3, 0.4) is 0 Å². The van der Waals surface area contributed by atoms with E-state index in [0.717, 1.165) is 16.7 Å². The van der Waals surface area contributed by atoms with Crippen molar-refractivity contribution in [1.82, 2.24) is 0 Å². The van der Waals surface area contributed by atoms with Gasteiger partial charge in [-0.25, -0.2) is 4.79 Å². The molecule has 3 nitrogen and oxygen atoms in total. The van der Waals surface area contributed by atoms with E-state index in [9.17, 15) is 9.59 Å². The minimum absolute atomic E-state index is 0.0285. The molecule has 0 bridgehead atoms. The fraction of sp³-hybridized carbons (Fsp3) is 0.176. The molecule has 0 saturated carbocycles. The molecule has 0 aromatic heterocycles. The normalized spacial score (nSPS) is 10.2. The lowest BCUT2D eigenvalue weighted by molar-refractivity contribution is 0.0600. The zero-order valence-corrected chi connectivity index (χ0v) is 11.8. The van der Waals surface area contributed by atoms with Crippen LogP contribution in [-0.2, 0) is 4.74 Å². The minimum Gasteiger partial charge on any atom is -0.465 e. The number of esters is 1. The Morgan fingerprint density at radius 1 is 1.00 bits per heavy atom. The van der Waals surface area contributed by atoms with Crippen LogP contribution >= 0.6 is 0 Å². The molecule has 0 unspecified atom stereocenters. The third kappa shape index (κ3) is 2.77. The van der Waals surface area contributed by atoms with Crippen molar-refractivity contribution < 1.29 is 14.3 Å². The summed E-state index contributed by atoms with van der Waals surface area (Å²) < 4.78 is 4.67. The lowest BCUT2D eigenvalue weighted by Crippen LogP contribution is -2.01. The van der Waals surface area contributed by atoms with Crippen LogP contribution in [0.4, 0.5) is 0 Å². The molecule has 102 valence electrons. The number of rotatable bonds is 3. The molecular weight excluding hydrogens is 252 g/mol. The van der Waals surface area contributed by atoms with E-state index in [2.05, 4.69) is 4.74 Å². The number of ketones is 1. The molecule has 0 aliphatic carbocycles. The summed E-state index contributed by atoms with van der Waals surface area (Å²) in [5.41, 5.74) is 4.01. The number of carbonyl (C=O) groups is 2. The summed E-state index contributed by atoms with van der Waals surface area (Å²) in [5, 5.41) is 0. The summed E-state index contributed by atoms with van der Waals surface area (Å²) in [4.78, 5) is 23.1. The molecule has 0 radical (unpaired) electrons. The Kier molecular flexibility index (Phi) is 3.99. The van der Waals surface area contributed by atoms with Crippen LogP contribution in [-0.4, -0.2) is 18.9 Å². The van der Waals surface area contributed by atoms with Crippen LogP contribution in [0.2, 0.25) is 0 Å². The van der Waals surface area contributed by atoms with Gasteiger partial charge in [-0.2, -0.15) is 0 Å². The van der Waals surface area contributed by atoms with Gasteiger partial charge in [0.1, 0.15) is 0 Å². The van der Waals surface area contributed by atoms with Crippen LogP contribution in [0, 0.1) is 6.92 Å². The second kappa shape index (κ2) is 5.70. The van der Waals surface area contributed by atoms with Gasteiger partial charge in [-0.05, 0) is 43.2 Å². The third-order valence-electron chi connectivity index (χ3n) is 3.17. The molecule has 0 N–H and O–H groups in total. The number of Topliss-reactive ketones (excluding diaryl/α,β-unsaturated/α-hetero) is 1. The number of hydrogen-bond acceptors (Lipinski definition) is 3. The first-order valence-electron chi connectivity index (χ1n) is 6.33. The monoisotopic (exact) mass is 268 g/mol. The highest BCUT2D eigenvalue weighted by Gasteiger charge is 2.11. The van der Waals surface area contributed by atoms with Crippen molar-refractivity contribution >= 4 is 11.8 Å². The molecule has 0 heterocycles. The second-order valence-electron chi connectivity index (χ2n) is 4.67. The first kappa shape index (κ1) is 14.0. The second-order valence-corrected chi connectivity index (χ2v) is 4.67. The summed E-state index contributed by atoms with van der Waals surface area (Å²) in [6.45, 7) is 3.51. The predicted molar refractivity (Wildman–Crippen MR) is 78.0 cm³/mol. The quantitative estimate of drug-likeness (QED) is 0.630. The molecule has 3 heteroatoms. The van der Waals surface area contributed by atoms with Crippen LogP contribution in [0.25, 0.3) is 11.1 Å². The number of methoxy groups -OCH3 is 1. The standard InChI is InChI=1S/C17H16O3/c1-11-4-9-15(16(10-11)12(2)18)13-5-7-14(8-6-13)17(19)20-3/h4-10H,1-3H3. The van der Waals surface area contributed by atoms with Crippen LogP contribution < -0.4 is 0 Å². The molecular formula is C17H16O3. The highest BCUT2D eigenvalue weighted by Crippen LogP contribution is 2.25. The van der Waals surface area contributed by atoms with E-state index in [1.54, 1.807) is 19.1 Å². The Labute approximate surface area is 118 Å². The Bertz CT molecular complexity index is 654. The fourth-order valence-electron chi connectivity index (χ4n) is 2.10. The summed E-state index contributed by atoms with van der Waals surface area (Å²) in [7, 11) is 1.35. The van der Waals surface area contributed by atoms with Gasteiger partial charge in [-0.1, -0.05) is 29.8 Å². The largest absolute Gasteiger partial charge is 0.465 e. The number of ether oxygens (including phenoxy) is 1. The van der Waals surface area contributed by atoms with Gasteiger partial charge in [0.15, 0.2) is 5.78 Å². The molecule has 2 aromatic carbocycles. The summed E-state index contributed by atoms with van der Waals surface area (Å²) >= 11 is 0. The fourth-order valence-corrected chi connectivity index (χ4v) is 2.10. The number of carbonyl (C=O) groups excluding carboxylic acids is 2. The summed E-state index contributed by atoms with van der Waals surface area (Å²) in [6.07, 6.45) is 0. The Morgan fingerprint density at radius 3 is 2.20 bits per heavy atom. The molecule has 0 aliphatic rings. The van der Waals surface area contributed by atoms with E-state index in [1.165, 1.54) is 7.11 Å². The van der Waals surface area contributed by atoms with E-state index in [4.69, 9.17) is 0 Å². The number of benzene rings is 2. The highest BCUT2D eigenvalue weighted by atomic mass is 16.5. The van der Waals surface area contributed by atoms with Gasteiger partial charge in [0, 0.05) is 5.56 Å². The zero-order chi connectivity index (χ0) is 14.7. The smallest absolute Gasteiger partial charge is 0.337 e. The average Bonchev–Trinajstić information content (AvgIpc) is 2.46. The molecule has 0 saturated heterocycles. The van der Waals surface area contributed by atoms with Gasteiger partial charge in [0.25, 0.3) is 0 Å². The van der Waals surface area contributed by atoms with E-state index in [0.29, 0.717) is 11.1 Å². The Hall–Kier alpha value is -2.42. The summed E-state index contributed by atoms with van der Waals surface area (Å²) in [5.74, 6) is -0.340. The zero-order valence-electron chi connectivity index (χ0n) is 11.8. The van der Waals surface area contributed by atoms with Crippen molar-refractivity contribution in [2.45, 2.75) is 13.8 Å². The van der Waals surface area contributed by atoms with Crippen molar-refractivity contribution in [1.29, 1.82) is 0 Å². The Balaban J connectivity index is 2.47. The first-order valence-corrected chi connectivity index (χ1v) is 6.33. The number of aryl methyl sites for hydroxylation is 1. The molecule has 2 rings (SSSR count). The van der Waals surface area contributed by atoms with E-state index >= 15 is 0 Å². The van der Waals surface area contributed by atoms with Gasteiger partial charge in [-0.3, -0.25) is 4.79 Å².